The number of carbonyl (C=O) groups excluding carboxylic acids is 1. The molecule has 96 valence electrons. The molecule has 2 heterocycles. The summed E-state index contributed by atoms with van der Waals surface area (Å²) in [6.45, 7) is 2.65. The van der Waals surface area contributed by atoms with Crippen LogP contribution in [0.25, 0.3) is 0 Å². The predicted octanol–water partition coefficient (Wildman–Crippen LogP) is 1.82. The second-order valence-electron chi connectivity index (χ2n) is 4.89. The van der Waals surface area contributed by atoms with Crippen molar-refractivity contribution >= 4 is 11.6 Å². The molecule has 0 atom stereocenters. The Bertz CT molecular complexity index is 441. The third-order valence-electron chi connectivity index (χ3n) is 3.68. The lowest BCUT2D eigenvalue weighted by Gasteiger charge is -2.24. The molecule has 0 saturated carbocycles. The minimum atomic E-state index is 0.0532. The molecular weight excluding hydrogens is 228 g/mol. The highest BCUT2D eigenvalue weighted by molar-refractivity contribution is 5.92. The molecule has 1 aromatic carbocycles. The Balaban J connectivity index is 1.82. The zero-order valence-electron chi connectivity index (χ0n) is 10.4. The number of hydroxylamine groups is 1. The maximum Gasteiger partial charge on any atom is 0.253 e. The van der Waals surface area contributed by atoms with E-state index < -0.39 is 0 Å². The first-order chi connectivity index (χ1) is 8.84. The quantitative estimate of drug-likeness (QED) is 0.865. The van der Waals surface area contributed by atoms with Crippen molar-refractivity contribution in [3.05, 3.63) is 29.8 Å². The summed E-state index contributed by atoms with van der Waals surface area (Å²) in [5, 5.41) is 4.81. The number of rotatable bonds is 2. The lowest BCUT2D eigenvalue weighted by molar-refractivity contribution is -0.119. The van der Waals surface area contributed by atoms with Crippen molar-refractivity contribution in [3.8, 4) is 0 Å². The van der Waals surface area contributed by atoms with Crippen LogP contribution in [-0.2, 0) is 9.63 Å². The Morgan fingerprint density at radius 2 is 2.11 bits per heavy atom. The molecule has 1 amide bonds. The van der Waals surface area contributed by atoms with Crippen molar-refractivity contribution in [2.24, 2.45) is 0 Å². The van der Waals surface area contributed by atoms with E-state index in [2.05, 4.69) is 17.4 Å². The molecule has 18 heavy (non-hydrogen) atoms. The normalized spacial score (nSPS) is 21.6. The molecule has 1 aromatic rings. The summed E-state index contributed by atoms with van der Waals surface area (Å²) in [4.78, 5) is 17.0. The summed E-state index contributed by atoms with van der Waals surface area (Å²) < 4.78 is 0. The smallest absolute Gasteiger partial charge is 0.253 e. The standard InChI is InChI=1S/C14H18N2O2/c17-14-6-9-18-16(14)13-3-1-2-12(10-13)11-4-7-15-8-5-11/h1-3,10-11,15H,4-9H2. The molecule has 4 nitrogen and oxygen atoms in total. The molecule has 2 saturated heterocycles. The summed E-state index contributed by atoms with van der Waals surface area (Å²) in [5.74, 6) is 0.654. The van der Waals surface area contributed by atoms with E-state index in [-0.39, 0.29) is 5.91 Å². The zero-order chi connectivity index (χ0) is 12.4. The number of hydrogen-bond acceptors (Lipinski definition) is 3. The fraction of sp³-hybridized carbons (Fsp3) is 0.500. The predicted molar refractivity (Wildman–Crippen MR) is 69.3 cm³/mol. The van der Waals surface area contributed by atoms with Crippen LogP contribution in [0, 0.1) is 0 Å². The number of nitrogens with zero attached hydrogens (tertiary/aromatic N) is 1. The van der Waals surface area contributed by atoms with E-state index in [1.807, 2.05) is 12.1 Å². The highest BCUT2D eigenvalue weighted by Gasteiger charge is 2.24. The van der Waals surface area contributed by atoms with Gasteiger partial charge in [-0.25, -0.2) is 0 Å². The van der Waals surface area contributed by atoms with E-state index in [1.165, 1.54) is 10.6 Å². The number of anilines is 1. The van der Waals surface area contributed by atoms with E-state index in [1.54, 1.807) is 0 Å². The summed E-state index contributed by atoms with van der Waals surface area (Å²) >= 11 is 0. The molecule has 0 spiro atoms. The van der Waals surface area contributed by atoms with Crippen molar-refractivity contribution in [1.82, 2.24) is 5.32 Å². The van der Waals surface area contributed by atoms with Crippen LogP contribution in [-0.4, -0.2) is 25.6 Å². The monoisotopic (exact) mass is 246 g/mol. The highest BCUT2D eigenvalue weighted by Crippen LogP contribution is 2.29. The summed E-state index contributed by atoms with van der Waals surface area (Å²) in [5.41, 5.74) is 2.19. The van der Waals surface area contributed by atoms with Crippen LogP contribution in [0.2, 0.25) is 0 Å². The van der Waals surface area contributed by atoms with Crippen LogP contribution < -0.4 is 10.4 Å². The molecule has 0 aliphatic carbocycles. The van der Waals surface area contributed by atoms with Gasteiger partial charge in [-0.3, -0.25) is 9.63 Å². The van der Waals surface area contributed by atoms with Crippen LogP contribution in [0.4, 0.5) is 5.69 Å². The van der Waals surface area contributed by atoms with Gasteiger partial charge in [0, 0.05) is 0 Å². The van der Waals surface area contributed by atoms with Gasteiger partial charge in [0.1, 0.15) is 0 Å². The summed E-state index contributed by atoms with van der Waals surface area (Å²) in [6, 6.07) is 8.20. The molecule has 4 heteroatoms. The maximum absolute atomic E-state index is 11.7. The molecular formula is C14H18N2O2. The number of hydrogen-bond donors (Lipinski definition) is 1. The average molecular weight is 246 g/mol. The van der Waals surface area contributed by atoms with E-state index in [0.29, 0.717) is 18.9 Å². The Morgan fingerprint density at radius 3 is 2.83 bits per heavy atom. The number of benzene rings is 1. The minimum absolute atomic E-state index is 0.0532. The number of amides is 1. The van der Waals surface area contributed by atoms with Crippen LogP contribution in [0.1, 0.15) is 30.7 Å². The van der Waals surface area contributed by atoms with Gasteiger partial charge in [0.25, 0.3) is 5.91 Å². The third-order valence-corrected chi connectivity index (χ3v) is 3.68. The summed E-state index contributed by atoms with van der Waals surface area (Å²) in [6.07, 6.45) is 2.81. The SMILES string of the molecule is O=C1CCON1c1cccc(C2CCNCC2)c1. The van der Waals surface area contributed by atoms with Crippen molar-refractivity contribution in [3.63, 3.8) is 0 Å². The van der Waals surface area contributed by atoms with Gasteiger partial charge in [-0.2, -0.15) is 5.06 Å². The van der Waals surface area contributed by atoms with Crippen molar-refractivity contribution in [2.75, 3.05) is 24.8 Å². The topological polar surface area (TPSA) is 41.6 Å². The van der Waals surface area contributed by atoms with Crippen molar-refractivity contribution in [1.29, 1.82) is 0 Å². The first-order valence-electron chi connectivity index (χ1n) is 6.61. The Hall–Kier alpha value is -1.39. The molecule has 2 fully saturated rings. The number of piperidine rings is 1. The van der Waals surface area contributed by atoms with E-state index in [4.69, 9.17) is 4.84 Å². The van der Waals surface area contributed by atoms with E-state index in [9.17, 15) is 4.79 Å². The van der Waals surface area contributed by atoms with Crippen molar-refractivity contribution in [2.45, 2.75) is 25.2 Å². The fourth-order valence-corrected chi connectivity index (χ4v) is 2.68. The van der Waals surface area contributed by atoms with Gasteiger partial charge in [-0.15, -0.1) is 0 Å². The van der Waals surface area contributed by atoms with Gasteiger partial charge in [0.15, 0.2) is 0 Å². The van der Waals surface area contributed by atoms with Gasteiger partial charge in [-0.05, 0) is 49.5 Å². The molecule has 3 rings (SSSR count). The summed E-state index contributed by atoms with van der Waals surface area (Å²) in [7, 11) is 0. The molecule has 0 aromatic heterocycles. The Morgan fingerprint density at radius 1 is 1.28 bits per heavy atom. The number of nitrogens with one attached hydrogen (secondary N) is 1. The molecule has 1 N–H and O–H groups in total. The molecule has 2 aliphatic heterocycles. The fourth-order valence-electron chi connectivity index (χ4n) is 2.68. The first-order valence-corrected chi connectivity index (χ1v) is 6.61. The van der Waals surface area contributed by atoms with Gasteiger partial charge < -0.3 is 5.32 Å². The Kier molecular flexibility index (Phi) is 3.30. The largest absolute Gasteiger partial charge is 0.317 e. The average Bonchev–Trinajstić information content (AvgIpc) is 2.86. The van der Waals surface area contributed by atoms with Gasteiger partial charge >= 0.3 is 0 Å². The van der Waals surface area contributed by atoms with Crippen LogP contribution in [0.3, 0.4) is 0 Å². The second-order valence-corrected chi connectivity index (χ2v) is 4.89. The first kappa shape index (κ1) is 11.7. The highest BCUT2D eigenvalue weighted by atomic mass is 16.7. The maximum atomic E-state index is 11.7. The van der Waals surface area contributed by atoms with Gasteiger partial charge in [0.2, 0.25) is 0 Å². The Labute approximate surface area is 107 Å². The lowest BCUT2D eigenvalue weighted by atomic mass is 9.90. The van der Waals surface area contributed by atoms with Crippen LogP contribution in [0.15, 0.2) is 24.3 Å². The van der Waals surface area contributed by atoms with Gasteiger partial charge in [0.05, 0.1) is 18.7 Å². The second kappa shape index (κ2) is 5.08. The number of carbonyl (C=O) groups is 1. The molecule has 0 bridgehead atoms. The minimum Gasteiger partial charge on any atom is -0.317 e. The van der Waals surface area contributed by atoms with E-state index in [0.717, 1.165) is 31.6 Å². The van der Waals surface area contributed by atoms with Crippen LogP contribution in [0.5, 0.6) is 0 Å². The lowest BCUT2D eigenvalue weighted by Crippen LogP contribution is -2.27. The molecule has 0 unspecified atom stereocenters. The molecule has 0 radical (unpaired) electrons. The van der Waals surface area contributed by atoms with Gasteiger partial charge in [-0.1, -0.05) is 12.1 Å². The van der Waals surface area contributed by atoms with Crippen molar-refractivity contribution < 1.29 is 9.63 Å². The van der Waals surface area contributed by atoms with E-state index >= 15 is 0 Å². The van der Waals surface area contributed by atoms with Crippen LogP contribution >= 0.6 is 0 Å². The zero-order valence-corrected chi connectivity index (χ0v) is 10.4. The molecule has 2 aliphatic rings. The third kappa shape index (κ3) is 2.26.